The normalized spacial score (nSPS) is 34.1. The van der Waals surface area contributed by atoms with Crippen molar-refractivity contribution >= 4 is 0 Å². The Kier molecular flexibility index (Phi) is 3.30. The van der Waals surface area contributed by atoms with Crippen LogP contribution in [-0.4, -0.2) is 49.3 Å². The average molecular weight is 268 g/mol. The zero-order valence-corrected chi connectivity index (χ0v) is 9.68. The molecule has 1 aliphatic rings. The van der Waals surface area contributed by atoms with E-state index >= 15 is 0 Å². The number of nitrogens with one attached hydrogen (secondary N) is 1. The van der Waals surface area contributed by atoms with E-state index in [1.165, 1.54) is 0 Å². The second-order valence-corrected chi connectivity index (χ2v) is 4.13. The van der Waals surface area contributed by atoms with Crippen LogP contribution in [0.4, 0.5) is 0 Å². The van der Waals surface area contributed by atoms with Gasteiger partial charge in [0.05, 0.1) is 6.61 Å². The Bertz CT molecular complexity index is 629. The Labute approximate surface area is 106 Å². The molecule has 1 aromatic rings. The standard InChI is InChI=1S/C11H12N2O6/c1-2-11(18)6(5-14)19-9(8(11)16)13-4-3-7(15)12-10(13)17/h1,3-4,6,8-9,14,16,18H,5H2,(H,12,15,17)/t6-,8+,9-,11-/m0/s1. The summed E-state index contributed by atoms with van der Waals surface area (Å²) in [5.41, 5.74) is -3.55. The van der Waals surface area contributed by atoms with Gasteiger partial charge in [0, 0.05) is 12.3 Å². The van der Waals surface area contributed by atoms with Crippen molar-refractivity contribution < 1.29 is 20.1 Å². The van der Waals surface area contributed by atoms with E-state index < -0.39 is 41.9 Å². The van der Waals surface area contributed by atoms with E-state index in [9.17, 15) is 19.8 Å². The number of aliphatic hydroxyl groups is 3. The van der Waals surface area contributed by atoms with Crippen molar-refractivity contribution in [2.24, 2.45) is 0 Å². The fourth-order valence-electron chi connectivity index (χ4n) is 1.96. The van der Waals surface area contributed by atoms with Gasteiger partial charge in [-0.25, -0.2) is 4.79 Å². The third-order valence-electron chi connectivity index (χ3n) is 3.04. The monoisotopic (exact) mass is 268 g/mol. The summed E-state index contributed by atoms with van der Waals surface area (Å²) >= 11 is 0. The summed E-state index contributed by atoms with van der Waals surface area (Å²) in [5.74, 6) is 1.95. The molecule has 1 fully saturated rings. The first kappa shape index (κ1) is 13.5. The maximum atomic E-state index is 11.6. The average Bonchev–Trinajstić information content (AvgIpc) is 2.63. The van der Waals surface area contributed by atoms with E-state index in [0.29, 0.717) is 0 Å². The molecule has 0 bridgehead atoms. The summed E-state index contributed by atoms with van der Waals surface area (Å²) in [6.07, 6.45) is 2.06. The number of aromatic amines is 1. The van der Waals surface area contributed by atoms with Crippen LogP contribution in [0.2, 0.25) is 0 Å². The van der Waals surface area contributed by atoms with E-state index in [1.54, 1.807) is 0 Å². The summed E-state index contributed by atoms with van der Waals surface area (Å²) in [4.78, 5) is 24.5. The molecule has 1 saturated heterocycles. The number of hydrogen-bond acceptors (Lipinski definition) is 6. The minimum atomic E-state index is -2.12. The molecule has 0 amide bonds. The molecule has 0 spiro atoms. The molecule has 1 aliphatic heterocycles. The van der Waals surface area contributed by atoms with Gasteiger partial charge in [-0.3, -0.25) is 14.3 Å². The van der Waals surface area contributed by atoms with Crippen molar-refractivity contribution in [1.29, 1.82) is 0 Å². The molecule has 19 heavy (non-hydrogen) atoms. The summed E-state index contributed by atoms with van der Waals surface area (Å²) in [7, 11) is 0. The van der Waals surface area contributed by atoms with Crippen molar-refractivity contribution in [3.63, 3.8) is 0 Å². The number of nitrogens with zero attached hydrogens (tertiary/aromatic N) is 1. The van der Waals surface area contributed by atoms with Crippen molar-refractivity contribution in [2.45, 2.75) is 24.0 Å². The maximum Gasteiger partial charge on any atom is 0.330 e. The van der Waals surface area contributed by atoms with Crippen LogP contribution in [0.3, 0.4) is 0 Å². The van der Waals surface area contributed by atoms with Crippen LogP contribution >= 0.6 is 0 Å². The first-order valence-electron chi connectivity index (χ1n) is 5.40. The van der Waals surface area contributed by atoms with Gasteiger partial charge in [0.25, 0.3) is 5.56 Å². The Balaban J connectivity index is 2.46. The Hall–Kier alpha value is -1.92. The largest absolute Gasteiger partial charge is 0.394 e. The molecular weight excluding hydrogens is 256 g/mol. The summed E-state index contributed by atoms with van der Waals surface area (Å²) < 4.78 is 6.06. The minimum absolute atomic E-state index is 0.611. The fourth-order valence-corrected chi connectivity index (χ4v) is 1.96. The van der Waals surface area contributed by atoms with Crippen molar-refractivity contribution in [3.8, 4) is 12.3 Å². The lowest BCUT2D eigenvalue weighted by molar-refractivity contribution is -0.0624. The zero-order chi connectivity index (χ0) is 14.2. The molecule has 0 saturated carbocycles. The number of rotatable bonds is 2. The number of H-pyrrole nitrogens is 1. The SMILES string of the molecule is C#C[C@]1(O)[C@H](CO)O[C@H](n2ccc(=O)[nH]c2=O)[C@H]1O. The Morgan fingerprint density at radius 3 is 2.74 bits per heavy atom. The van der Waals surface area contributed by atoms with Gasteiger partial charge in [-0.1, -0.05) is 5.92 Å². The first-order chi connectivity index (χ1) is 8.93. The van der Waals surface area contributed by atoms with Crippen LogP contribution < -0.4 is 11.2 Å². The van der Waals surface area contributed by atoms with Gasteiger partial charge in [-0.2, -0.15) is 0 Å². The van der Waals surface area contributed by atoms with Crippen molar-refractivity contribution in [1.82, 2.24) is 9.55 Å². The molecule has 2 heterocycles. The lowest BCUT2D eigenvalue weighted by atomic mass is 9.93. The highest BCUT2D eigenvalue weighted by Gasteiger charge is 2.55. The second kappa shape index (κ2) is 4.64. The quantitative estimate of drug-likeness (QED) is 0.428. The van der Waals surface area contributed by atoms with Crippen molar-refractivity contribution in [2.75, 3.05) is 6.61 Å². The molecule has 8 nitrogen and oxygen atoms in total. The fraction of sp³-hybridized carbons (Fsp3) is 0.455. The highest BCUT2D eigenvalue weighted by molar-refractivity contribution is 5.19. The lowest BCUT2D eigenvalue weighted by Crippen LogP contribution is -2.48. The van der Waals surface area contributed by atoms with Gasteiger partial charge >= 0.3 is 5.69 Å². The molecule has 4 N–H and O–H groups in total. The van der Waals surface area contributed by atoms with Crippen LogP contribution in [-0.2, 0) is 4.74 Å². The number of aliphatic hydroxyl groups excluding tert-OH is 2. The van der Waals surface area contributed by atoms with Gasteiger partial charge in [0.2, 0.25) is 0 Å². The predicted molar refractivity (Wildman–Crippen MR) is 62.1 cm³/mol. The van der Waals surface area contributed by atoms with E-state index in [0.717, 1.165) is 16.8 Å². The third kappa shape index (κ3) is 1.98. The van der Waals surface area contributed by atoms with Crippen LogP contribution in [0, 0.1) is 12.3 Å². The first-order valence-corrected chi connectivity index (χ1v) is 5.40. The third-order valence-corrected chi connectivity index (χ3v) is 3.04. The number of hydrogen-bond donors (Lipinski definition) is 4. The van der Waals surface area contributed by atoms with Crippen LogP contribution in [0.25, 0.3) is 0 Å². The Morgan fingerprint density at radius 2 is 2.26 bits per heavy atom. The highest BCUT2D eigenvalue weighted by Crippen LogP contribution is 2.35. The van der Waals surface area contributed by atoms with E-state index in [4.69, 9.17) is 16.3 Å². The molecule has 4 atom stereocenters. The van der Waals surface area contributed by atoms with Gasteiger partial charge < -0.3 is 20.1 Å². The van der Waals surface area contributed by atoms with Gasteiger partial charge in [0.15, 0.2) is 11.8 Å². The summed E-state index contributed by atoms with van der Waals surface area (Å²) in [6, 6.07) is 1.05. The van der Waals surface area contributed by atoms with Crippen LogP contribution in [0.5, 0.6) is 0 Å². The van der Waals surface area contributed by atoms with Crippen LogP contribution in [0.1, 0.15) is 6.23 Å². The number of ether oxygens (including phenoxy) is 1. The summed E-state index contributed by atoms with van der Waals surface area (Å²) in [6.45, 7) is -0.633. The molecule has 0 radical (unpaired) electrons. The van der Waals surface area contributed by atoms with Crippen LogP contribution in [0.15, 0.2) is 21.9 Å². The van der Waals surface area contributed by atoms with Gasteiger partial charge in [0.1, 0.15) is 12.2 Å². The summed E-state index contributed by atoms with van der Waals surface area (Å²) in [5, 5.41) is 29.1. The number of terminal acetylenes is 1. The molecule has 0 unspecified atom stereocenters. The number of aromatic nitrogens is 2. The molecule has 8 heteroatoms. The molecular formula is C11H12N2O6. The van der Waals surface area contributed by atoms with Crippen molar-refractivity contribution in [3.05, 3.63) is 33.1 Å². The van der Waals surface area contributed by atoms with E-state index in [-0.39, 0.29) is 0 Å². The van der Waals surface area contributed by atoms with Gasteiger partial charge in [-0.05, 0) is 0 Å². The topological polar surface area (TPSA) is 125 Å². The molecule has 102 valence electrons. The predicted octanol–water partition coefficient (Wildman–Crippen LogP) is -2.85. The molecule has 2 rings (SSSR count). The second-order valence-electron chi connectivity index (χ2n) is 4.13. The molecule has 1 aromatic heterocycles. The lowest BCUT2D eigenvalue weighted by Gasteiger charge is -2.23. The minimum Gasteiger partial charge on any atom is -0.394 e. The maximum absolute atomic E-state index is 11.6. The highest BCUT2D eigenvalue weighted by atomic mass is 16.6. The Morgan fingerprint density at radius 1 is 1.58 bits per heavy atom. The molecule has 0 aliphatic carbocycles. The zero-order valence-electron chi connectivity index (χ0n) is 9.68. The van der Waals surface area contributed by atoms with E-state index in [2.05, 4.69) is 0 Å². The van der Waals surface area contributed by atoms with E-state index in [1.807, 2.05) is 10.9 Å². The van der Waals surface area contributed by atoms with Gasteiger partial charge in [-0.15, -0.1) is 6.42 Å². The molecule has 0 aromatic carbocycles. The smallest absolute Gasteiger partial charge is 0.330 e.